The Morgan fingerprint density at radius 2 is 0.385 bits per heavy atom. The van der Waals surface area contributed by atoms with Gasteiger partial charge in [-0.25, -0.2) is 0 Å². The molecule has 0 N–H and O–H groups in total. The summed E-state index contributed by atoms with van der Waals surface area (Å²) in [5.41, 5.74) is 0. The molecule has 0 saturated heterocycles. The topological polar surface area (TPSA) is 0 Å². The lowest BCUT2D eigenvalue weighted by Crippen LogP contribution is -1.65. The highest BCUT2D eigenvalue weighted by Crippen LogP contribution is 1.88. The lowest BCUT2D eigenvalue weighted by molar-refractivity contribution is 0.00734. The molecule has 0 aromatic heterocycles. The molecule has 13 heavy (non-hydrogen) atoms. The molecule has 0 bridgehead atoms. The molecule has 0 nitrogen and oxygen atoms in total. The van der Waals surface area contributed by atoms with Gasteiger partial charge in [0.15, 0.2) is 0 Å². The van der Waals surface area contributed by atoms with Gasteiger partial charge in [0.1, 0.15) is 0 Å². The Morgan fingerprint density at radius 1 is 0.385 bits per heavy atom. The molecule has 0 aromatic carbocycles. The molecule has 0 fully saturated rings. The van der Waals surface area contributed by atoms with Crippen LogP contribution in [-0.4, -0.2) is 37.4 Å². The molecule has 0 aliphatic rings. The normalized spacial score (nSPS) is 8.31. The van der Waals surface area contributed by atoms with Gasteiger partial charge in [0.2, 0.25) is 0 Å². The quantitative estimate of drug-likeness (QED) is 0.448. The van der Waals surface area contributed by atoms with Crippen LogP contribution >= 0.6 is 0 Å². The van der Waals surface area contributed by atoms with Gasteiger partial charge in [0.25, 0.3) is 0 Å². The van der Waals surface area contributed by atoms with Crippen LogP contribution in [0.5, 0.6) is 0 Å². The second kappa shape index (κ2) is 17.9. The van der Waals surface area contributed by atoms with Crippen molar-refractivity contribution in [3.63, 3.8) is 0 Å². The van der Waals surface area contributed by atoms with Gasteiger partial charge < -0.3 is 0 Å². The van der Waals surface area contributed by atoms with E-state index in [1.165, 1.54) is 0 Å². The van der Waals surface area contributed by atoms with Crippen molar-refractivity contribution < 1.29 is 39.5 Å². The van der Waals surface area contributed by atoms with Crippen molar-refractivity contribution in [2.24, 2.45) is 0 Å². The smallest absolute Gasteiger partial charge is 0.174 e. The molecule has 0 unspecified atom stereocenters. The second-order valence-electron chi connectivity index (χ2n) is 0.742. The third-order valence-corrected chi connectivity index (χ3v) is 0. The molecule has 0 spiro atoms. The van der Waals surface area contributed by atoms with Gasteiger partial charge in [-0.05, 0) is 0 Å². The lowest BCUT2D eigenvalue weighted by atomic mass is 11.6. The van der Waals surface area contributed by atoms with Crippen molar-refractivity contribution >= 4 is 17.4 Å². The maximum atomic E-state index is 9.67. The van der Waals surface area contributed by atoms with E-state index in [2.05, 4.69) is 0 Å². The maximum Gasteiger partial charge on any atom is 0.379 e. The van der Waals surface area contributed by atoms with E-state index in [0.717, 1.165) is 0 Å². The Balaban J connectivity index is -0.0000000450. The average molecular weight is 237 g/mol. The highest BCUT2D eigenvalue weighted by Gasteiger charge is 1.86. The first kappa shape index (κ1) is 23.1. The first-order valence-electron chi connectivity index (χ1n) is 1.96. The van der Waals surface area contributed by atoms with Crippen LogP contribution in [0.4, 0.5) is 39.5 Å². The van der Waals surface area contributed by atoms with Gasteiger partial charge in [0.05, 0.1) is 0 Å². The molecule has 0 atom stereocenters. The fraction of sp³-hybridized carbons (Fsp3) is 1.00. The summed E-state index contributed by atoms with van der Waals surface area (Å²) in [5, 5.41) is 0. The zero-order valence-electron chi connectivity index (χ0n) is 5.71. The predicted molar refractivity (Wildman–Crippen MR) is 27.1 cm³/mol. The van der Waals surface area contributed by atoms with Crippen molar-refractivity contribution in [2.45, 2.75) is 20.0 Å². The van der Waals surface area contributed by atoms with Crippen LogP contribution < -0.4 is 0 Å². The standard InChI is InChI=1S/3CHF3.Al/c3*2-1(3)4;/h3*1H;. The van der Waals surface area contributed by atoms with Gasteiger partial charge in [0, 0.05) is 17.4 Å². The number of rotatable bonds is 0. The van der Waals surface area contributed by atoms with Crippen LogP contribution in [0, 0.1) is 0 Å². The van der Waals surface area contributed by atoms with Gasteiger partial charge in [-0.2, -0.15) is 39.5 Å². The van der Waals surface area contributed by atoms with E-state index in [0.29, 0.717) is 0 Å². The Bertz CT molecular complexity index is 43.4. The van der Waals surface area contributed by atoms with Crippen molar-refractivity contribution in [1.82, 2.24) is 0 Å². The van der Waals surface area contributed by atoms with Gasteiger partial charge in [-0.15, -0.1) is 0 Å². The summed E-state index contributed by atoms with van der Waals surface area (Å²) < 4.78 is 87.0. The van der Waals surface area contributed by atoms with E-state index >= 15 is 0 Å². The van der Waals surface area contributed by atoms with Crippen LogP contribution in [-0.2, 0) is 0 Å². The molecule has 0 amide bonds. The van der Waals surface area contributed by atoms with E-state index in [1.54, 1.807) is 0 Å². The molecule has 0 saturated carbocycles. The zero-order chi connectivity index (χ0) is 10.7. The number of hydrogen-bond donors (Lipinski definition) is 0. The SMILES string of the molecule is FC(F)F.FC(F)F.FC(F)F.[Al]. The van der Waals surface area contributed by atoms with E-state index in [9.17, 15) is 39.5 Å². The third-order valence-electron chi connectivity index (χ3n) is 0. The van der Waals surface area contributed by atoms with Crippen molar-refractivity contribution in [2.75, 3.05) is 0 Å². The largest absolute Gasteiger partial charge is 0.379 e. The molecule has 0 aromatic rings. The number of hydrogen-bond acceptors (Lipinski definition) is 0. The molecule has 0 aliphatic heterocycles. The van der Waals surface area contributed by atoms with Gasteiger partial charge in [-0.1, -0.05) is 0 Å². The summed E-state index contributed by atoms with van der Waals surface area (Å²) in [5.74, 6) is 0. The second-order valence-corrected chi connectivity index (χ2v) is 0.742. The van der Waals surface area contributed by atoms with Crippen LogP contribution in [0.25, 0.3) is 0 Å². The van der Waals surface area contributed by atoms with Crippen molar-refractivity contribution in [3.05, 3.63) is 0 Å². The first-order chi connectivity index (χ1) is 5.20. The Hall–Kier alpha value is -0.0975. The molecule has 3 radical (unpaired) electrons. The average Bonchev–Trinajstić information content (AvgIpc) is 1.54. The summed E-state index contributed by atoms with van der Waals surface area (Å²) in [7, 11) is 0. The molecule has 0 heterocycles. The predicted octanol–water partition coefficient (Wildman–Crippen LogP) is 3.15. The Labute approximate surface area is 77.8 Å². The van der Waals surface area contributed by atoms with Crippen molar-refractivity contribution in [3.8, 4) is 0 Å². The lowest BCUT2D eigenvalue weighted by Gasteiger charge is -1.65. The molecule has 10 heteroatoms. The molecular weight excluding hydrogens is 234 g/mol. The fourth-order valence-electron chi connectivity index (χ4n) is 0. The number of alkyl halides is 9. The van der Waals surface area contributed by atoms with E-state index in [1.807, 2.05) is 0 Å². The molecule has 81 valence electrons. The summed E-state index contributed by atoms with van der Waals surface area (Å²) in [4.78, 5) is 0. The first-order valence-corrected chi connectivity index (χ1v) is 1.96. The van der Waals surface area contributed by atoms with Crippen LogP contribution in [0.2, 0.25) is 0 Å². The summed E-state index contributed by atoms with van der Waals surface area (Å²) in [6.45, 7) is -11.0. The van der Waals surface area contributed by atoms with Crippen molar-refractivity contribution in [1.29, 1.82) is 0 Å². The zero-order valence-corrected chi connectivity index (χ0v) is 6.87. The molecular formula is C3H3AlF9. The maximum absolute atomic E-state index is 9.67. The van der Waals surface area contributed by atoms with Gasteiger partial charge in [-0.3, -0.25) is 0 Å². The monoisotopic (exact) mass is 237 g/mol. The summed E-state index contributed by atoms with van der Waals surface area (Å²) >= 11 is 0. The number of halogens is 9. The fourth-order valence-corrected chi connectivity index (χ4v) is 0. The minimum Gasteiger partial charge on any atom is -0.174 e. The van der Waals surface area contributed by atoms with E-state index < -0.39 is 20.0 Å². The molecule has 0 aliphatic carbocycles. The highest BCUT2D eigenvalue weighted by atomic mass is 27.0. The van der Waals surface area contributed by atoms with Crippen LogP contribution in [0.15, 0.2) is 0 Å². The van der Waals surface area contributed by atoms with E-state index in [-0.39, 0.29) is 17.4 Å². The highest BCUT2D eigenvalue weighted by molar-refractivity contribution is 5.75. The van der Waals surface area contributed by atoms with Crippen LogP contribution in [0.3, 0.4) is 0 Å². The summed E-state index contributed by atoms with van der Waals surface area (Å²) in [6, 6.07) is 0. The minimum absolute atomic E-state index is 0. The summed E-state index contributed by atoms with van der Waals surface area (Å²) in [6.07, 6.45) is 0. The van der Waals surface area contributed by atoms with Gasteiger partial charge >= 0.3 is 20.0 Å². The molecule has 0 rings (SSSR count). The Kier molecular flexibility index (Phi) is 31.7. The van der Waals surface area contributed by atoms with Crippen LogP contribution in [0.1, 0.15) is 0 Å². The Morgan fingerprint density at radius 3 is 0.385 bits per heavy atom. The third kappa shape index (κ3) is 123000. The minimum atomic E-state index is -3.67. The van der Waals surface area contributed by atoms with E-state index in [4.69, 9.17) is 0 Å².